The molecule has 0 amide bonds. The zero-order valence-corrected chi connectivity index (χ0v) is 12.4. The molecule has 19 heavy (non-hydrogen) atoms. The average molecular weight is 263 g/mol. The number of ether oxygens (including phenoxy) is 1. The Labute approximate surface area is 116 Å². The zero-order valence-electron chi connectivity index (χ0n) is 12.4. The number of benzene rings is 1. The van der Waals surface area contributed by atoms with Crippen LogP contribution in [0.2, 0.25) is 0 Å². The van der Waals surface area contributed by atoms with Crippen LogP contribution in [0.1, 0.15) is 43.7 Å². The van der Waals surface area contributed by atoms with Crippen LogP contribution in [0.4, 0.5) is 5.69 Å². The molecule has 0 saturated heterocycles. The number of aliphatic hydroxyl groups is 1. The van der Waals surface area contributed by atoms with Gasteiger partial charge in [-0.15, -0.1) is 0 Å². The van der Waals surface area contributed by atoms with E-state index < -0.39 is 0 Å². The second kappa shape index (κ2) is 5.41. The highest BCUT2D eigenvalue weighted by Gasteiger charge is 2.41. The highest BCUT2D eigenvalue weighted by molar-refractivity contribution is 5.58. The highest BCUT2D eigenvalue weighted by atomic mass is 16.5. The minimum atomic E-state index is 0.129. The van der Waals surface area contributed by atoms with Gasteiger partial charge in [0, 0.05) is 17.6 Å². The molecule has 0 unspecified atom stereocenters. The van der Waals surface area contributed by atoms with Crippen molar-refractivity contribution in [2.75, 3.05) is 25.6 Å². The Hall–Kier alpha value is -1.22. The van der Waals surface area contributed by atoms with Gasteiger partial charge < -0.3 is 15.2 Å². The maximum Gasteiger partial charge on any atom is 0.122 e. The first-order chi connectivity index (χ1) is 9.01. The van der Waals surface area contributed by atoms with E-state index in [0.717, 1.165) is 30.8 Å². The lowest BCUT2D eigenvalue weighted by molar-refractivity contribution is 0.220. The first-order valence-corrected chi connectivity index (χ1v) is 7.04. The van der Waals surface area contributed by atoms with E-state index in [0.29, 0.717) is 5.92 Å². The molecule has 1 aliphatic rings. The second-order valence-electron chi connectivity index (χ2n) is 6.08. The van der Waals surface area contributed by atoms with Crippen LogP contribution >= 0.6 is 0 Å². The van der Waals surface area contributed by atoms with Crippen molar-refractivity contribution in [2.24, 2.45) is 5.41 Å². The summed E-state index contributed by atoms with van der Waals surface area (Å²) in [5.74, 6) is 1.39. The van der Waals surface area contributed by atoms with Gasteiger partial charge in [-0.05, 0) is 48.9 Å². The minimum Gasteiger partial charge on any atom is -0.496 e. The summed E-state index contributed by atoms with van der Waals surface area (Å²) in [4.78, 5) is 0. The Morgan fingerprint density at radius 3 is 2.53 bits per heavy atom. The smallest absolute Gasteiger partial charge is 0.122 e. The van der Waals surface area contributed by atoms with Gasteiger partial charge in [0.05, 0.1) is 13.7 Å². The number of methoxy groups -OCH3 is 1. The molecule has 0 aliphatic heterocycles. The predicted octanol–water partition coefficient (Wildman–Crippen LogP) is 3.31. The molecule has 3 heteroatoms. The topological polar surface area (TPSA) is 41.5 Å². The summed E-state index contributed by atoms with van der Waals surface area (Å²) < 4.78 is 5.45. The molecule has 1 fully saturated rings. The van der Waals surface area contributed by atoms with Gasteiger partial charge in [-0.2, -0.15) is 0 Å². The fourth-order valence-corrected chi connectivity index (χ4v) is 2.37. The van der Waals surface area contributed by atoms with Gasteiger partial charge in [-0.25, -0.2) is 0 Å². The lowest BCUT2D eigenvalue weighted by Crippen LogP contribution is -2.19. The summed E-state index contributed by atoms with van der Waals surface area (Å²) in [6, 6.07) is 4.28. The SMILES string of the molecule is COc1cc(C)c(NCC2(CO)CC2)cc1C(C)C. The summed E-state index contributed by atoms with van der Waals surface area (Å²) >= 11 is 0. The Bertz CT molecular complexity index is 450. The molecule has 0 heterocycles. The van der Waals surface area contributed by atoms with Crippen LogP contribution in [0.3, 0.4) is 0 Å². The fourth-order valence-electron chi connectivity index (χ4n) is 2.37. The van der Waals surface area contributed by atoms with E-state index in [1.54, 1.807) is 7.11 Å². The van der Waals surface area contributed by atoms with Crippen molar-refractivity contribution in [1.82, 2.24) is 0 Å². The molecule has 3 nitrogen and oxygen atoms in total. The molecular formula is C16H25NO2. The number of anilines is 1. The van der Waals surface area contributed by atoms with Gasteiger partial charge in [0.25, 0.3) is 0 Å². The molecule has 106 valence electrons. The average Bonchev–Trinajstić information content (AvgIpc) is 3.17. The monoisotopic (exact) mass is 263 g/mol. The third-order valence-corrected chi connectivity index (χ3v) is 4.15. The first-order valence-electron chi connectivity index (χ1n) is 7.04. The molecule has 0 spiro atoms. The van der Waals surface area contributed by atoms with Crippen molar-refractivity contribution in [3.8, 4) is 5.75 Å². The number of nitrogens with one attached hydrogen (secondary N) is 1. The van der Waals surface area contributed by atoms with Crippen LogP contribution in [-0.4, -0.2) is 25.4 Å². The minimum absolute atomic E-state index is 0.129. The van der Waals surface area contributed by atoms with E-state index in [9.17, 15) is 5.11 Å². The molecule has 2 N–H and O–H groups in total. The van der Waals surface area contributed by atoms with E-state index in [-0.39, 0.29) is 12.0 Å². The zero-order chi connectivity index (χ0) is 14.0. The van der Waals surface area contributed by atoms with Crippen LogP contribution in [0.25, 0.3) is 0 Å². The maximum atomic E-state index is 9.37. The Morgan fingerprint density at radius 2 is 2.05 bits per heavy atom. The van der Waals surface area contributed by atoms with Gasteiger partial charge in [0.15, 0.2) is 0 Å². The normalized spacial score (nSPS) is 16.5. The molecular weight excluding hydrogens is 238 g/mol. The summed E-state index contributed by atoms with van der Waals surface area (Å²) in [5, 5.41) is 12.9. The van der Waals surface area contributed by atoms with E-state index in [2.05, 4.69) is 38.2 Å². The van der Waals surface area contributed by atoms with Crippen molar-refractivity contribution in [1.29, 1.82) is 0 Å². The Morgan fingerprint density at radius 1 is 1.37 bits per heavy atom. The van der Waals surface area contributed by atoms with Gasteiger partial charge >= 0.3 is 0 Å². The van der Waals surface area contributed by atoms with E-state index in [1.807, 2.05) is 0 Å². The summed E-state index contributed by atoms with van der Waals surface area (Å²) in [5.41, 5.74) is 3.70. The van der Waals surface area contributed by atoms with E-state index >= 15 is 0 Å². The molecule has 1 aromatic carbocycles. The van der Waals surface area contributed by atoms with Crippen LogP contribution in [0, 0.1) is 12.3 Å². The Kier molecular flexibility index (Phi) is 4.04. The third-order valence-electron chi connectivity index (χ3n) is 4.15. The van der Waals surface area contributed by atoms with Gasteiger partial charge in [0.1, 0.15) is 5.75 Å². The molecule has 0 atom stereocenters. The van der Waals surface area contributed by atoms with Gasteiger partial charge in [-0.1, -0.05) is 13.8 Å². The summed E-state index contributed by atoms with van der Waals surface area (Å²) in [6.07, 6.45) is 2.26. The van der Waals surface area contributed by atoms with Crippen molar-refractivity contribution in [3.05, 3.63) is 23.3 Å². The number of aryl methyl sites for hydroxylation is 1. The van der Waals surface area contributed by atoms with Crippen LogP contribution in [0.15, 0.2) is 12.1 Å². The van der Waals surface area contributed by atoms with Crippen molar-refractivity contribution in [2.45, 2.75) is 39.5 Å². The largest absolute Gasteiger partial charge is 0.496 e. The third kappa shape index (κ3) is 3.03. The first kappa shape index (κ1) is 14.2. The number of rotatable bonds is 6. The molecule has 2 rings (SSSR count). The molecule has 1 saturated carbocycles. The summed E-state index contributed by atoms with van der Waals surface area (Å²) in [7, 11) is 1.72. The van der Waals surface area contributed by atoms with Crippen molar-refractivity contribution in [3.63, 3.8) is 0 Å². The van der Waals surface area contributed by atoms with Crippen LogP contribution in [0.5, 0.6) is 5.75 Å². The lowest BCUT2D eigenvalue weighted by Gasteiger charge is -2.19. The standard InChI is InChI=1S/C16H25NO2/c1-11(2)13-8-14(12(3)7-15(13)19-4)17-9-16(10-18)5-6-16/h7-8,11,17-18H,5-6,9-10H2,1-4H3. The Balaban J connectivity index is 2.18. The van der Waals surface area contributed by atoms with Gasteiger partial charge in [-0.3, -0.25) is 0 Å². The number of hydrogen-bond acceptors (Lipinski definition) is 3. The molecule has 0 bridgehead atoms. The van der Waals surface area contributed by atoms with Crippen molar-refractivity contribution < 1.29 is 9.84 Å². The van der Waals surface area contributed by atoms with E-state index in [1.165, 1.54) is 11.1 Å². The quantitative estimate of drug-likeness (QED) is 0.827. The number of hydrogen-bond donors (Lipinski definition) is 2. The molecule has 0 radical (unpaired) electrons. The molecule has 0 aromatic heterocycles. The van der Waals surface area contributed by atoms with E-state index in [4.69, 9.17) is 4.74 Å². The molecule has 1 aliphatic carbocycles. The van der Waals surface area contributed by atoms with Crippen molar-refractivity contribution >= 4 is 5.69 Å². The maximum absolute atomic E-state index is 9.37. The highest BCUT2D eigenvalue weighted by Crippen LogP contribution is 2.45. The molecule has 1 aromatic rings. The van der Waals surface area contributed by atoms with Gasteiger partial charge in [0.2, 0.25) is 0 Å². The van der Waals surface area contributed by atoms with Crippen LogP contribution < -0.4 is 10.1 Å². The lowest BCUT2D eigenvalue weighted by atomic mass is 9.98. The predicted molar refractivity (Wildman–Crippen MR) is 79.1 cm³/mol. The number of aliphatic hydroxyl groups excluding tert-OH is 1. The summed E-state index contributed by atoms with van der Waals surface area (Å²) in [6.45, 7) is 7.58. The fraction of sp³-hybridized carbons (Fsp3) is 0.625. The van der Waals surface area contributed by atoms with Crippen LogP contribution in [-0.2, 0) is 0 Å². The second-order valence-corrected chi connectivity index (χ2v) is 6.08.